The average Bonchev–Trinajstić information content (AvgIpc) is 2.80. The molecule has 1 aromatic carbocycles. The van der Waals surface area contributed by atoms with Crippen molar-refractivity contribution in [2.75, 3.05) is 12.8 Å². The number of hydrogen-bond donors (Lipinski definition) is 1. The van der Waals surface area contributed by atoms with Crippen molar-refractivity contribution in [3.63, 3.8) is 0 Å². The largest absolute Gasteiger partial charge is 0.464 e. The Morgan fingerprint density at radius 2 is 2.05 bits per heavy atom. The molecule has 22 heavy (non-hydrogen) atoms. The first-order chi connectivity index (χ1) is 10.3. The highest BCUT2D eigenvalue weighted by Crippen LogP contribution is 2.37. The number of hydrogen-bond acceptors (Lipinski definition) is 4. The summed E-state index contributed by atoms with van der Waals surface area (Å²) in [7, 11) is 1.27. The highest BCUT2D eigenvalue weighted by Gasteiger charge is 2.24. The van der Waals surface area contributed by atoms with Crippen LogP contribution in [-0.4, -0.2) is 17.6 Å². The van der Waals surface area contributed by atoms with Crippen LogP contribution in [0.2, 0.25) is 0 Å². The molecular formula is C15H13Br2N3O2. The van der Waals surface area contributed by atoms with Gasteiger partial charge >= 0.3 is 5.97 Å². The molecule has 0 unspecified atom stereocenters. The van der Waals surface area contributed by atoms with E-state index in [9.17, 15) is 10.1 Å². The van der Waals surface area contributed by atoms with Gasteiger partial charge in [-0.15, -0.1) is 0 Å². The van der Waals surface area contributed by atoms with Crippen LogP contribution in [0.1, 0.15) is 27.2 Å². The fourth-order valence-corrected chi connectivity index (χ4v) is 3.85. The summed E-state index contributed by atoms with van der Waals surface area (Å²) in [6, 6.07) is 3.93. The normalized spacial score (nSPS) is 10.4. The number of nitrogens with zero attached hydrogens (tertiary/aromatic N) is 2. The van der Waals surface area contributed by atoms with Gasteiger partial charge in [-0.25, -0.2) is 4.79 Å². The molecule has 2 rings (SSSR count). The lowest BCUT2D eigenvalue weighted by molar-refractivity contribution is 0.0593. The fraction of sp³-hybridized carbons (Fsp3) is 0.200. The molecule has 1 heterocycles. The number of rotatable bonds is 2. The average molecular weight is 427 g/mol. The maximum absolute atomic E-state index is 12.1. The Morgan fingerprint density at radius 3 is 2.59 bits per heavy atom. The van der Waals surface area contributed by atoms with Gasteiger partial charge in [0, 0.05) is 15.1 Å². The molecule has 0 amide bonds. The first kappa shape index (κ1) is 16.6. The van der Waals surface area contributed by atoms with Crippen LogP contribution in [0, 0.1) is 25.2 Å². The second kappa shape index (κ2) is 6.15. The standard InChI is InChI=1S/C15H13Br2N3O2/c1-7-4-10(16)13(11(17)8(7)2)20-6-9(5-18)12(19)14(20)15(21)22-3/h4,6H,19H2,1-3H3. The number of carbonyl (C=O) groups excluding carboxylic acids is 1. The van der Waals surface area contributed by atoms with E-state index in [0.29, 0.717) is 5.69 Å². The number of halogens is 2. The van der Waals surface area contributed by atoms with Crippen molar-refractivity contribution in [3.8, 4) is 11.8 Å². The van der Waals surface area contributed by atoms with Crippen LogP contribution in [-0.2, 0) is 4.74 Å². The number of benzene rings is 1. The van der Waals surface area contributed by atoms with E-state index in [2.05, 4.69) is 31.9 Å². The van der Waals surface area contributed by atoms with Crippen LogP contribution in [0.4, 0.5) is 5.69 Å². The number of aromatic nitrogens is 1. The van der Waals surface area contributed by atoms with Gasteiger partial charge in [0.05, 0.1) is 24.0 Å². The maximum Gasteiger partial charge on any atom is 0.357 e. The van der Waals surface area contributed by atoms with Crippen molar-refractivity contribution in [1.29, 1.82) is 5.26 Å². The summed E-state index contributed by atoms with van der Waals surface area (Å²) in [5.74, 6) is -0.601. The number of carbonyl (C=O) groups is 1. The van der Waals surface area contributed by atoms with E-state index in [1.54, 1.807) is 4.57 Å². The minimum absolute atomic E-state index is 0.103. The van der Waals surface area contributed by atoms with Crippen molar-refractivity contribution in [2.45, 2.75) is 13.8 Å². The molecule has 0 aliphatic heterocycles. The van der Waals surface area contributed by atoms with E-state index < -0.39 is 5.97 Å². The molecule has 0 spiro atoms. The molecular weight excluding hydrogens is 414 g/mol. The lowest BCUT2D eigenvalue weighted by Crippen LogP contribution is -2.12. The maximum atomic E-state index is 12.1. The smallest absolute Gasteiger partial charge is 0.357 e. The molecule has 7 heteroatoms. The summed E-state index contributed by atoms with van der Waals surface area (Å²) in [5.41, 5.74) is 9.18. The quantitative estimate of drug-likeness (QED) is 0.739. The predicted octanol–water partition coefficient (Wildman–Crippen LogP) is 3.86. The third kappa shape index (κ3) is 2.53. The molecule has 2 N–H and O–H groups in total. The molecule has 0 aliphatic rings. The molecule has 5 nitrogen and oxygen atoms in total. The SMILES string of the molecule is COC(=O)c1c(N)c(C#N)cn1-c1c(Br)cc(C)c(C)c1Br. The van der Waals surface area contributed by atoms with E-state index in [-0.39, 0.29) is 16.9 Å². The van der Waals surface area contributed by atoms with Crippen LogP contribution in [0.3, 0.4) is 0 Å². The zero-order chi connectivity index (χ0) is 16.6. The monoisotopic (exact) mass is 425 g/mol. The summed E-state index contributed by atoms with van der Waals surface area (Å²) in [6.45, 7) is 3.95. The van der Waals surface area contributed by atoms with Gasteiger partial charge in [0.2, 0.25) is 0 Å². The minimum atomic E-state index is -0.601. The van der Waals surface area contributed by atoms with Gasteiger partial charge in [0.1, 0.15) is 6.07 Å². The van der Waals surface area contributed by atoms with E-state index >= 15 is 0 Å². The lowest BCUT2D eigenvalue weighted by atomic mass is 10.1. The summed E-state index contributed by atoms with van der Waals surface area (Å²) in [6.07, 6.45) is 1.53. The Hall–Kier alpha value is -1.78. The van der Waals surface area contributed by atoms with Gasteiger partial charge in [0.15, 0.2) is 5.69 Å². The predicted molar refractivity (Wildman–Crippen MR) is 91.1 cm³/mol. The first-order valence-corrected chi connectivity index (χ1v) is 7.86. The molecule has 0 bridgehead atoms. The molecule has 0 saturated carbocycles. The molecule has 0 atom stereocenters. The van der Waals surface area contributed by atoms with E-state index in [0.717, 1.165) is 20.1 Å². The highest BCUT2D eigenvalue weighted by atomic mass is 79.9. The number of nitrogens with two attached hydrogens (primary N) is 1. The topological polar surface area (TPSA) is 81.0 Å². The third-order valence-corrected chi connectivity index (χ3v) is 5.06. The van der Waals surface area contributed by atoms with Gasteiger partial charge in [0.25, 0.3) is 0 Å². The van der Waals surface area contributed by atoms with Crippen LogP contribution >= 0.6 is 31.9 Å². The van der Waals surface area contributed by atoms with Crippen LogP contribution < -0.4 is 5.73 Å². The molecule has 2 aromatic rings. The fourth-order valence-electron chi connectivity index (χ4n) is 2.13. The number of ether oxygens (including phenoxy) is 1. The molecule has 0 fully saturated rings. The summed E-state index contributed by atoms with van der Waals surface area (Å²) < 4.78 is 7.94. The van der Waals surface area contributed by atoms with Gasteiger partial charge in [-0.2, -0.15) is 5.26 Å². The molecule has 114 valence electrons. The van der Waals surface area contributed by atoms with Crippen molar-refractivity contribution < 1.29 is 9.53 Å². The van der Waals surface area contributed by atoms with Crippen molar-refractivity contribution in [1.82, 2.24) is 4.57 Å². The van der Waals surface area contributed by atoms with Crippen molar-refractivity contribution in [3.05, 3.63) is 43.6 Å². The first-order valence-electron chi connectivity index (χ1n) is 6.28. The van der Waals surface area contributed by atoms with E-state index in [1.807, 2.05) is 26.0 Å². The van der Waals surface area contributed by atoms with E-state index in [1.165, 1.54) is 13.3 Å². The molecule has 1 aromatic heterocycles. The molecule has 0 radical (unpaired) electrons. The second-order valence-corrected chi connectivity index (χ2v) is 6.39. The minimum Gasteiger partial charge on any atom is -0.464 e. The summed E-state index contributed by atoms with van der Waals surface area (Å²) in [4.78, 5) is 12.1. The highest BCUT2D eigenvalue weighted by molar-refractivity contribution is 9.11. The van der Waals surface area contributed by atoms with E-state index in [4.69, 9.17) is 10.5 Å². The van der Waals surface area contributed by atoms with Gasteiger partial charge in [-0.1, -0.05) is 0 Å². The number of methoxy groups -OCH3 is 1. The lowest BCUT2D eigenvalue weighted by Gasteiger charge is -2.16. The Balaban J connectivity index is 2.88. The summed E-state index contributed by atoms with van der Waals surface area (Å²) in [5, 5.41) is 9.18. The van der Waals surface area contributed by atoms with Crippen molar-refractivity contribution in [2.24, 2.45) is 0 Å². The van der Waals surface area contributed by atoms with Gasteiger partial charge in [-0.05, 0) is 62.9 Å². The van der Waals surface area contributed by atoms with Crippen LogP contribution in [0.5, 0.6) is 0 Å². The van der Waals surface area contributed by atoms with Crippen LogP contribution in [0.25, 0.3) is 5.69 Å². The number of anilines is 1. The van der Waals surface area contributed by atoms with Gasteiger partial charge in [-0.3, -0.25) is 0 Å². The third-order valence-electron chi connectivity index (χ3n) is 3.48. The number of esters is 1. The van der Waals surface area contributed by atoms with Crippen molar-refractivity contribution >= 4 is 43.5 Å². The molecule has 0 saturated heterocycles. The Morgan fingerprint density at radius 1 is 1.41 bits per heavy atom. The Kier molecular flexibility index (Phi) is 4.63. The number of nitrogen functional groups attached to an aromatic ring is 1. The summed E-state index contributed by atoms with van der Waals surface area (Å²) >= 11 is 7.06. The number of aryl methyl sites for hydroxylation is 1. The second-order valence-electron chi connectivity index (χ2n) is 4.74. The zero-order valence-corrected chi connectivity index (χ0v) is 15.4. The number of nitriles is 1. The Labute approximate surface area is 144 Å². The molecule has 0 aliphatic carbocycles. The zero-order valence-electron chi connectivity index (χ0n) is 12.2. The Bertz CT molecular complexity index is 819. The van der Waals surface area contributed by atoms with Gasteiger partial charge < -0.3 is 15.0 Å². The van der Waals surface area contributed by atoms with Crippen LogP contribution in [0.15, 0.2) is 21.2 Å².